The van der Waals surface area contributed by atoms with Crippen LogP contribution in [0.2, 0.25) is 0 Å². The Morgan fingerprint density at radius 2 is 2.27 bits per heavy atom. The fourth-order valence-corrected chi connectivity index (χ4v) is 3.21. The van der Waals surface area contributed by atoms with Gasteiger partial charge in [-0.25, -0.2) is 9.97 Å². The lowest BCUT2D eigenvalue weighted by Crippen LogP contribution is -2.39. The van der Waals surface area contributed by atoms with Gasteiger partial charge in [-0.2, -0.15) is 0 Å². The summed E-state index contributed by atoms with van der Waals surface area (Å²) in [5.74, 6) is 1.33. The van der Waals surface area contributed by atoms with Crippen LogP contribution < -0.4 is 15.2 Å². The van der Waals surface area contributed by atoms with Gasteiger partial charge in [-0.1, -0.05) is 0 Å². The maximum atomic E-state index is 13.1. The molecule has 0 spiro atoms. The zero-order chi connectivity index (χ0) is 18.4. The van der Waals surface area contributed by atoms with Crippen molar-refractivity contribution < 1.29 is 14.3 Å². The van der Waals surface area contributed by atoms with Crippen molar-refractivity contribution in [2.75, 3.05) is 33.4 Å². The molecule has 1 atom stereocenters. The normalized spacial score (nSPS) is 17.0. The van der Waals surface area contributed by atoms with Gasteiger partial charge in [0.1, 0.15) is 24.4 Å². The van der Waals surface area contributed by atoms with Crippen molar-refractivity contribution >= 4 is 5.91 Å². The van der Waals surface area contributed by atoms with E-state index in [9.17, 15) is 4.79 Å². The molecule has 2 aromatic rings. The van der Waals surface area contributed by atoms with Gasteiger partial charge in [-0.15, -0.1) is 0 Å². The van der Waals surface area contributed by atoms with E-state index in [1.165, 1.54) is 0 Å². The van der Waals surface area contributed by atoms with Crippen molar-refractivity contribution in [3.63, 3.8) is 0 Å². The highest BCUT2D eigenvalue weighted by molar-refractivity contribution is 5.97. The van der Waals surface area contributed by atoms with Crippen molar-refractivity contribution in [3.05, 3.63) is 48.0 Å². The molecule has 0 aliphatic carbocycles. The number of carbonyl (C=O) groups is 1. The van der Waals surface area contributed by atoms with Gasteiger partial charge >= 0.3 is 0 Å². The van der Waals surface area contributed by atoms with Crippen LogP contribution in [-0.2, 0) is 0 Å². The Balaban J connectivity index is 1.79. The summed E-state index contributed by atoms with van der Waals surface area (Å²) in [6, 6.07) is 7.17. The second-order valence-electron chi connectivity index (χ2n) is 6.22. The molecule has 2 heterocycles. The molecular formula is C19H24N4O3. The zero-order valence-electron chi connectivity index (χ0n) is 14.9. The second kappa shape index (κ2) is 8.62. The fourth-order valence-electron chi connectivity index (χ4n) is 3.21. The summed E-state index contributed by atoms with van der Waals surface area (Å²) in [5.41, 5.74) is 7.04. The molecule has 3 rings (SSSR count). The van der Waals surface area contributed by atoms with Gasteiger partial charge in [0.05, 0.1) is 12.7 Å². The summed E-state index contributed by atoms with van der Waals surface area (Å²) in [6.07, 6.45) is 5.25. The molecular weight excluding hydrogens is 332 g/mol. The van der Waals surface area contributed by atoms with Gasteiger partial charge in [0, 0.05) is 43.5 Å². The molecule has 26 heavy (non-hydrogen) atoms. The number of ether oxygens (including phenoxy) is 2. The third-order valence-electron chi connectivity index (χ3n) is 4.53. The first-order valence-corrected chi connectivity index (χ1v) is 8.79. The van der Waals surface area contributed by atoms with Gasteiger partial charge < -0.3 is 20.1 Å². The number of rotatable bonds is 6. The molecule has 0 bridgehead atoms. The van der Waals surface area contributed by atoms with E-state index in [-0.39, 0.29) is 11.8 Å². The minimum Gasteiger partial charge on any atom is -0.497 e. The summed E-state index contributed by atoms with van der Waals surface area (Å²) in [4.78, 5) is 23.3. The lowest BCUT2D eigenvalue weighted by atomic mass is 9.94. The predicted octanol–water partition coefficient (Wildman–Crippen LogP) is 1.84. The van der Waals surface area contributed by atoms with Crippen molar-refractivity contribution in [1.82, 2.24) is 14.9 Å². The summed E-state index contributed by atoms with van der Waals surface area (Å²) >= 11 is 0. The number of likely N-dealkylation sites (tertiary alicyclic amines) is 1. The van der Waals surface area contributed by atoms with Crippen LogP contribution >= 0.6 is 0 Å². The lowest BCUT2D eigenvalue weighted by molar-refractivity contribution is 0.0701. The average molecular weight is 356 g/mol. The van der Waals surface area contributed by atoms with Crippen molar-refractivity contribution in [1.29, 1.82) is 0 Å². The van der Waals surface area contributed by atoms with Crippen LogP contribution in [0.15, 0.2) is 36.8 Å². The van der Waals surface area contributed by atoms with Crippen molar-refractivity contribution in [2.24, 2.45) is 5.73 Å². The molecule has 1 aromatic heterocycles. The van der Waals surface area contributed by atoms with Gasteiger partial charge in [0.25, 0.3) is 5.91 Å². The zero-order valence-corrected chi connectivity index (χ0v) is 14.9. The molecule has 1 amide bonds. The van der Waals surface area contributed by atoms with Crippen LogP contribution in [0.4, 0.5) is 0 Å². The van der Waals surface area contributed by atoms with Crippen LogP contribution in [0.5, 0.6) is 11.5 Å². The average Bonchev–Trinajstić information content (AvgIpc) is 2.72. The lowest BCUT2D eigenvalue weighted by Gasteiger charge is -2.32. The highest BCUT2D eigenvalue weighted by Gasteiger charge is 2.28. The molecule has 1 saturated heterocycles. The Hall–Kier alpha value is -2.67. The third kappa shape index (κ3) is 4.11. The molecule has 0 saturated carbocycles. The first kappa shape index (κ1) is 18.1. The Bertz CT molecular complexity index is 739. The van der Waals surface area contributed by atoms with Crippen LogP contribution in [0, 0.1) is 0 Å². The minimum absolute atomic E-state index is 0.0431. The summed E-state index contributed by atoms with van der Waals surface area (Å²) in [6.45, 7) is 2.09. The number of amides is 1. The van der Waals surface area contributed by atoms with Gasteiger partial charge in [0.15, 0.2) is 0 Å². The molecule has 7 nitrogen and oxygen atoms in total. The topological polar surface area (TPSA) is 90.6 Å². The van der Waals surface area contributed by atoms with Crippen LogP contribution in [-0.4, -0.2) is 54.1 Å². The van der Waals surface area contributed by atoms with Crippen LogP contribution in [0.3, 0.4) is 0 Å². The van der Waals surface area contributed by atoms with E-state index in [1.54, 1.807) is 37.8 Å². The Morgan fingerprint density at radius 3 is 3.00 bits per heavy atom. The van der Waals surface area contributed by atoms with Crippen molar-refractivity contribution in [3.8, 4) is 11.5 Å². The molecule has 1 aliphatic heterocycles. The first-order valence-electron chi connectivity index (χ1n) is 8.79. The Morgan fingerprint density at radius 1 is 1.38 bits per heavy atom. The number of aromatic nitrogens is 2. The van der Waals surface area contributed by atoms with E-state index < -0.39 is 0 Å². The molecule has 7 heteroatoms. The Kier molecular flexibility index (Phi) is 6.01. The molecule has 0 unspecified atom stereocenters. The molecule has 0 radical (unpaired) electrons. The quantitative estimate of drug-likeness (QED) is 0.849. The minimum atomic E-state index is -0.0431. The number of hydrogen-bond acceptors (Lipinski definition) is 6. The van der Waals surface area contributed by atoms with E-state index in [2.05, 4.69) is 9.97 Å². The molecule has 1 fully saturated rings. The maximum absolute atomic E-state index is 13.1. The van der Waals surface area contributed by atoms with E-state index in [1.807, 2.05) is 11.0 Å². The van der Waals surface area contributed by atoms with Gasteiger partial charge in [0.2, 0.25) is 0 Å². The number of carbonyl (C=O) groups excluding carboxylic acids is 1. The van der Waals surface area contributed by atoms with Crippen molar-refractivity contribution in [2.45, 2.75) is 18.8 Å². The van der Waals surface area contributed by atoms with Crippen LogP contribution in [0.25, 0.3) is 0 Å². The van der Waals surface area contributed by atoms with E-state index in [0.29, 0.717) is 36.8 Å². The number of hydrogen-bond donors (Lipinski definition) is 1. The fraction of sp³-hybridized carbons (Fsp3) is 0.421. The number of benzene rings is 1. The second-order valence-corrected chi connectivity index (χ2v) is 6.22. The van der Waals surface area contributed by atoms with Gasteiger partial charge in [-0.3, -0.25) is 4.79 Å². The highest BCUT2D eigenvalue weighted by Crippen LogP contribution is 2.30. The smallest absolute Gasteiger partial charge is 0.257 e. The number of nitrogens with two attached hydrogens (primary N) is 1. The largest absolute Gasteiger partial charge is 0.497 e. The monoisotopic (exact) mass is 356 g/mol. The highest BCUT2D eigenvalue weighted by atomic mass is 16.5. The van der Waals surface area contributed by atoms with E-state index >= 15 is 0 Å². The number of methoxy groups -OCH3 is 1. The molecule has 2 N–H and O–H groups in total. The summed E-state index contributed by atoms with van der Waals surface area (Å²) in [5, 5.41) is 0. The van der Waals surface area contributed by atoms with E-state index in [4.69, 9.17) is 15.2 Å². The molecule has 138 valence electrons. The molecule has 1 aromatic carbocycles. The number of piperidine rings is 1. The standard InChI is InChI=1S/C19H24N4O3/c1-25-15-4-5-16(18(11-15)26-10-7-20)19(24)23-9-2-3-14(12-23)17-6-8-21-13-22-17/h4-6,8,11,13-14H,2-3,7,9-10,12,20H2,1H3/t14-/m1/s1. The van der Waals surface area contributed by atoms with Crippen LogP contribution in [0.1, 0.15) is 34.8 Å². The first-order chi connectivity index (χ1) is 12.7. The summed E-state index contributed by atoms with van der Waals surface area (Å²) < 4.78 is 10.9. The summed E-state index contributed by atoms with van der Waals surface area (Å²) in [7, 11) is 1.58. The predicted molar refractivity (Wildman–Crippen MR) is 97.5 cm³/mol. The third-order valence-corrected chi connectivity index (χ3v) is 4.53. The Labute approximate surface area is 153 Å². The van der Waals surface area contributed by atoms with Gasteiger partial charge in [-0.05, 0) is 31.0 Å². The maximum Gasteiger partial charge on any atom is 0.257 e. The number of nitrogens with zero attached hydrogens (tertiary/aromatic N) is 3. The molecule has 1 aliphatic rings. The van der Waals surface area contributed by atoms with E-state index in [0.717, 1.165) is 25.1 Å². The SMILES string of the molecule is COc1ccc(C(=O)N2CCC[C@@H](c3ccncn3)C2)c(OCCN)c1.